The van der Waals surface area contributed by atoms with Gasteiger partial charge in [0.2, 0.25) is 0 Å². The van der Waals surface area contributed by atoms with Crippen LogP contribution < -0.4 is 0 Å². The van der Waals surface area contributed by atoms with Gasteiger partial charge < -0.3 is 14.2 Å². The van der Waals surface area contributed by atoms with Crippen molar-refractivity contribution in [3.8, 4) is 0 Å². The first-order valence-electron chi connectivity index (χ1n) is 34.9. The van der Waals surface area contributed by atoms with Gasteiger partial charge in [0.05, 0.1) is 0 Å². The van der Waals surface area contributed by atoms with E-state index < -0.39 is 6.10 Å². The molecule has 0 spiro atoms. The van der Waals surface area contributed by atoms with Crippen molar-refractivity contribution in [2.45, 2.75) is 341 Å². The van der Waals surface area contributed by atoms with E-state index in [0.717, 1.165) is 122 Å². The first kappa shape index (κ1) is 78.1. The van der Waals surface area contributed by atoms with Gasteiger partial charge in [0.25, 0.3) is 0 Å². The van der Waals surface area contributed by atoms with Crippen molar-refractivity contribution in [3.05, 3.63) is 109 Å². The summed E-state index contributed by atoms with van der Waals surface area (Å²) < 4.78 is 16.9. The Balaban J connectivity index is 4.24. The van der Waals surface area contributed by atoms with Crippen molar-refractivity contribution in [2.75, 3.05) is 13.2 Å². The minimum atomic E-state index is -0.790. The Morgan fingerprint density at radius 2 is 0.476 bits per heavy atom. The van der Waals surface area contributed by atoms with Gasteiger partial charge in [-0.2, -0.15) is 0 Å². The van der Waals surface area contributed by atoms with Crippen molar-refractivity contribution < 1.29 is 28.6 Å². The summed E-state index contributed by atoms with van der Waals surface area (Å²) in [6.07, 6.45) is 95.4. The zero-order chi connectivity index (χ0) is 59.2. The van der Waals surface area contributed by atoms with Gasteiger partial charge in [0, 0.05) is 19.3 Å². The lowest BCUT2D eigenvalue weighted by molar-refractivity contribution is -0.167. The van der Waals surface area contributed by atoms with Crippen LogP contribution in [-0.2, 0) is 28.6 Å². The summed E-state index contributed by atoms with van der Waals surface area (Å²) in [6.45, 7) is 6.50. The van der Waals surface area contributed by atoms with Gasteiger partial charge in [-0.15, -0.1) is 0 Å². The second-order valence-corrected chi connectivity index (χ2v) is 23.1. The van der Waals surface area contributed by atoms with Crippen LogP contribution in [0.1, 0.15) is 335 Å². The van der Waals surface area contributed by atoms with E-state index >= 15 is 0 Å². The number of ether oxygens (including phenoxy) is 3. The summed E-state index contributed by atoms with van der Waals surface area (Å²) in [4.78, 5) is 38.4. The average molecular weight is 1140 g/mol. The van der Waals surface area contributed by atoms with E-state index in [0.29, 0.717) is 19.3 Å². The molecule has 0 amide bonds. The largest absolute Gasteiger partial charge is 0.462 e. The van der Waals surface area contributed by atoms with Crippen LogP contribution in [-0.4, -0.2) is 37.2 Å². The molecule has 0 radical (unpaired) electrons. The molecule has 0 aromatic carbocycles. The maximum Gasteiger partial charge on any atom is 0.306 e. The quantitative estimate of drug-likeness (QED) is 0.0261. The topological polar surface area (TPSA) is 78.9 Å². The van der Waals surface area contributed by atoms with Gasteiger partial charge in [-0.25, -0.2) is 0 Å². The molecular weight excluding hydrogens is 1010 g/mol. The third-order valence-corrected chi connectivity index (χ3v) is 15.0. The number of rotatable bonds is 63. The molecule has 1 unspecified atom stereocenters. The summed E-state index contributed by atoms with van der Waals surface area (Å²) in [5, 5.41) is 0. The van der Waals surface area contributed by atoms with Crippen LogP contribution in [0.3, 0.4) is 0 Å². The number of hydrogen-bond acceptors (Lipinski definition) is 6. The van der Waals surface area contributed by atoms with Gasteiger partial charge in [0.1, 0.15) is 13.2 Å². The third kappa shape index (κ3) is 66.9. The molecule has 0 heterocycles. The lowest BCUT2D eigenvalue weighted by Gasteiger charge is -2.18. The lowest BCUT2D eigenvalue weighted by atomic mass is 10.0. The Morgan fingerprint density at radius 3 is 0.780 bits per heavy atom. The second kappa shape index (κ2) is 69.6. The molecule has 0 aliphatic heterocycles. The molecule has 0 bridgehead atoms. The predicted molar refractivity (Wildman–Crippen MR) is 357 cm³/mol. The van der Waals surface area contributed by atoms with E-state index in [1.54, 1.807) is 0 Å². The highest BCUT2D eigenvalue weighted by molar-refractivity contribution is 5.71. The average Bonchev–Trinajstić information content (AvgIpc) is 3.47. The number of esters is 3. The van der Waals surface area contributed by atoms with Crippen molar-refractivity contribution in [1.82, 2.24) is 0 Å². The Hall–Kier alpha value is -3.93. The smallest absolute Gasteiger partial charge is 0.306 e. The Labute approximate surface area is 508 Å². The Morgan fingerprint density at radius 1 is 0.256 bits per heavy atom. The molecule has 1 atom stereocenters. The predicted octanol–water partition coefficient (Wildman–Crippen LogP) is 24.2. The Kier molecular flexibility index (Phi) is 66.2. The first-order valence-corrected chi connectivity index (χ1v) is 34.9. The molecule has 0 rings (SSSR count). The lowest BCUT2D eigenvalue weighted by Crippen LogP contribution is -2.30. The molecule has 0 aromatic heterocycles. The standard InChI is InChI=1S/C76H130O6/c1-4-7-10-13-16-19-22-25-27-29-31-33-34-35-36-37-38-39-40-41-42-44-45-47-49-51-54-57-60-63-66-69-75(78)81-72-73(71-80-74(77)68-65-62-59-56-53-24-21-18-15-12-9-6-3)82-76(79)70-67-64-61-58-55-52-50-48-46-43-32-30-28-26-23-20-17-14-11-8-5-2/h7,10,16,18-19,21,23,25-27,30-33,35-36,46,48,73H,4-6,8-9,11-15,17,20,22,24,28-29,34,37-45,47,49-72H2,1-3H3/b10-7-,19-16-,21-18-,26-23-,27-25-,32-30-,33-31-,36-35-,48-46-. The van der Waals surface area contributed by atoms with Crippen molar-refractivity contribution >= 4 is 17.9 Å². The molecule has 470 valence electrons. The summed E-state index contributed by atoms with van der Waals surface area (Å²) >= 11 is 0. The zero-order valence-corrected chi connectivity index (χ0v) is 54.0. The van der Waals surface area contributed by atoms with Gasteiger partial charge in [-0.1, -0.05) is 297 Å². The van der Waals surface area contributed by atoms with Crippen molar-refractivity contribution in [1.29, 1.82) is 0 Å². The van der Waals surface area contributed by atoms with Crippen LogP contribution in [0.25, 0.3) is 0 Å². The SMILES string of the molecule is CC/C=C\C/C=C\C/C=C\C/C=C\C/C=C\CCCCCCCCCCCCCCCCCC(=O)OCC(COC(=O)CCCCCCC/C=C\CCCCC)OC(=O)CCCCCCCC/C=C\C/C=C\C/C=C\CCCCCCC. The van der Waals surface area contributed by atoms with Gasteiger partial charge in [-0.3, -0.25) is 14.4 Å². The first-order chi connectivity index (χ1) is 40.5. The molecule has 6 heteroatoms. The molecule has 0 aromatic rings. The van der Waals surface area contributed by atoms with Crippen molar-refractivity contribution in [3.63, 3.8) is 0 Å². The van der Waals surface area contributed by atoms with Crippen LogP contribution >= 0.6 is 0 Å². The van der Waals surface area contributed by atoms with E-state index in [4.69, 9.17) is 14.2 Å². The molecule has 82 heavy (non-hydrogen) atoms. The fraction of sp³-hybridized carbons (Fsp3) is 0.724. The number of unbranched alkanes of at least 4 members (excludes halogenated alkanes) is 34. The molecule has 0 N–H and O–H groups in total. The summed E-state index contributed by atoms with van der Waals surface area (Å²) in [5.74, 6) is -0.895. The number of allylic oxidation sites excluding steroid dienone is 18. The summed E-state index contributed by atoms with van der Waals surface area (Å²) in [5.41, 5.74) is 0. The maximum absolute atomic E-state index is 12.9. The molecule has 0 fully saturated rings. The highest BCUT2D eigenvalue weighted by Crippen LogP contribution is 2.17. The Bertz CT molecular complexity index is 1640. The minimum absolute atomic E-state index is 0.0846. The van der Waals surface area contributed by atoms with E-state index in [1.807, 2.05) is 0 Å². The molecule has 0 aliphatic rings. The van der Waals surface area contributed by atoms with Gasteiger partial charge in [0.15, 0.2) is 6.10 Å². The van der Waals surface area contributed by atoms with Gasteiger partial charge >= 0.3 is 17.9 Å². The second-order valence-electron chi connectivity index (χ2n) is 23.1. The van der Waals surface area contributed by atoms with Crippen LogP contribution in [0.15, 0.2) is 109 Å². The normalized spacial score (nSPS) is 12.8. The van der Waals surface area contributed by atoms with E-state index in [-0.39, 0.29) is 31.1 Å². The summed E-state index contributed by atoms with van der Waals surface area (Å²) in [7, 11) is 0. The van der Waals surface area contributed by atoms with Crippen LogP contribution in [0, 0.1) is 0 Å². The zero-order valence-electron chi connectivity index (χ0n) is 54.0. The molecular formula is C76H130O6. The maximum atomic E-state index is 12.9. The van der Waals surface area contributed by atoms with Crippen molar-refractivity contribution in [2.24, 2.45) is 0 Å². The van der Waals surface area contributed by atoms with E-state index in [9.17, 15) is 14.4 Å². The van der Waals surface area contributed by atoms with E-state index in [1.165, 1.54) is 173 Å². The van der Waals surface area contributed by atoms with Crippen LogP contribution in [0.2, 0.25) is 0 Å². The van der Waals surface area contributed by atoms with E-state index in [2.05, 4.69) is 130 Å². The highest BCUT2D eigenvalue weighted by Gasteiger charge is 2.19. The van der Waals surface area contributed by atoms with Gasteiger partial charge in [-0.05, 0) is 128 Å². The fourth-order valence-electron chi connectivity index (χ4n) is 9.77. The van der Waals surface area contributed by atoms with Crippen LogP contribution in [0.5, 0.6) is 0 Å². The molecule has 0 saturated heterocycles. The third-order valence-electron chi connectivity index (χ3n) is 15.0. The van der Waals surface area contributed by atoms with Crippen LogP contribution in [0.4, 0.5) is 0 Å². The minimum Gasteiger partial charge on any atom is -0.462 e. The number of carbonyl (C=O) groups is 3. The molecule has 0 saturated carbocycles. The monoisotopic (exact) mass is 1140 g/mol. The highest BCUT2D eigenvalue weighted by atomic mass is 16.6. The summed E-state index contributed by atoms with van der Waals surface area (Å²) in [6, 6.07) is 0. The fourth-order valence-corrected chi connectivity index (χ4v) is 9.77. The number of hydrogen-bond donors (Lipinski definition) is 0. The molecule has 0 aliphatic carbocycles. The molecule has 6 nitrogen and oxygen atoms in total. The number of carbonyl (C=O) groups excluding carboxylic acids is 3.